The highest BCUT2D eigenvalue weighted by Crippen LogP contribution is 2.32. The molecule has 0 aliphatic carbocycles. The molecular formula is C25H21ClFN3O3S. The predicted octanol–water partition coefficient (Wildman–Crippen LogP) is 5.65. The van der Waals surface area contributed by atoms with Crippen molar-refractivity contribution in [3.05, 3.63) is 89.2 Å². The smallest absolute Gasteiger partial charge is 0.238 e. The number of amides is 2. The first kappa shape index (κ1) is 23.8. The predicted molar refractivity (Wildman–Crippen MR) is 133 cm³/mol. The van der Waals surface area contributed by atoms with Crippen LogP contribution in [0.1, 0.15) is 12.0 Å². The van der Waals surface area contributed by atoms with E-state index in [2.05, 4.69) is 10.3 Å². The molecule has 1 N–H and O–H groups in total. The van der Waals surface area contributed by atoms with Gasteiger partial charge in [0.15, 0.2) is 5.17 Å². The number of carbonyl (C=O) groups excluding carboxylic acids is 2. The van der Waals surface area contributed by atoms with Crippen molar-refractivity contribution in [2.24, 2.45) is 4.99 Å². The van der Waals surface area contributed by atoms with E-state index in [1.807, 2.05) is 12.1 Å². The summed E-state index contributed by atoms with van der Waals surface area (Å²) in [6, 6.07) is 19.8. The second kappa shape index (κ2) is 10.7. The number of thioether (sulfide) groups is 1. The van der Waals surface area contributed by atoms with E-state index in [0.29, 0.717) is 27.3 Å². The lowest BCUT2D eigenvalue weighted by Crippen LogP contribution is -2.44. The topological polar surface area (TPSA) is 71.0 Å². The van der Waals surface area contributed by atoms with Gasteiger partial charge in [0, 0.05) is 11.4 Å². The molecule has 9 heteroatoms. The molecule has 3 aromatic rings. The summed E-state index contributed by atoms with van der Waals surface area (Å²) in [6.45, 7) is 0.268. The van der Waals surface area contributed by atoms with Crippen LogP contribution in [-0.2, 0) is 16.1 Å². The number of amidine groups is 1. The van der Waals surface area contributed by atoms with Crippen molar-refractivity contribution < 1.29 is 18.7 Å². The van der Waals surface area contributed by atoms with Crippen molar-refractivity contribution in [2.75, 3.05) is 12.4 Å². The van der Waals surface area contributed by atoms with E-state index in [0.717, 1.165) is 5.56 Å². The number of ether oxygens (including phenoxy) is 1. The Morgan fingerprint density at radius 2 is 1.85 bits per heavy atom. The Bertz CT molecular complexity index is 1220. The zero-order chi connectivity index (χ0) is 24.1. The number of nitrogens with one attached hydrogen (secondary N) is 1. The molecule has 1 heterocycles. The molecule has 0 spiro atoms. The van der Waals surface area contributed by atoms with Gasteiger partial charge in [0.25, 0.3) is 0 Å². The molecule has 1 aliphatic rings. The lowest BCUT2D eigenvalue weighted by Gasteiger charge is -2.32. The van der Waals surface area contributed by atoms with Crippen LogP contribution in [-0.4, -0.2) is 34.2 Å². The number of para-hydroxylation sites is 2. The van der Waals surface area contributed by atoms with Crippen LogP contribution < -0.4 is 10.1 Å². The molecule has 0 aromatic heterocycles. The molecule has 6 nitrogen and oxygen atoms in total. The number of hydrogen-bond acceptors (Lipinski definition) is 5. The molecule has 0 radical (unpaired) electrons. The fraction of sp³-hybridized carbons (Fsp3) is 0.160. The van der Waals surface area contributed by atoms with Crippen molar-refractivity contribution in [2.45, 2.75) is 18.2 Å². The van der Waals surface area contributed by atoms with Gasteiger partial charge in [0.1, 0.15) is 16.8 Å². The number of nitrogens with zero attached hydrogens (tertiary/aromatic N) is 2. The zero-order valence-corrected chi connectivity index (χ0v) is 19.8. The van der Waals surface area contributed by atoms with Gasteiger partial charge in [-0.3, -0.25) is 14.5 Å². The molecule has 4 rings (SSSR count). The average Bonchev–Trinajstić information content (AvgIpc) is 2.84. The summed E-state index contributed by atoms with van der Waals surface area (Å²) >= 11 is 7.17. The summed E-state index contributed by atoms with van der Waals surface area (Å²) < 4.78 is 18.7. The second-order valence-corrected chi connectivity index (χ2v) is 9.08. The highest BCUT2D eigenvalue weighted by molar-refractivity contribution is 8.15. The maximum Gasteiger partial charge on any atom is 0.238 e. The molecule has 34 heavy (non-hydrogen) atoms. The monoisotopic (exact) mass is 497 g/mol. The Hall–Kier alpha value is -3.36. The van der Waals surface area contributed by atoms with Crippen LogP contribution >= 0.6 is 23.4 Å². The standard InChI is InChI=1S/C25H21ClFN3O3S/c1-33-21-5-3-2-4-20(21)29-24(32)22-14-23(31)30(15-16-6-8-17(26)9-7-16)25(34-22)28-19-12-10-18(27)11-13-19/h2-13,22H,14-15H2,1H3,(H,29,32). The molecule has 1 unspecified atom stereocenters. The number of rotatable bonds is 6. The molecule has 3 aromatic carbocycles. The van der Waals surface area contributed by atoms with E-state index in [1.165, 1.54) is 48.0 Å². The van der Waals surface area contributed by atoms with Crippen molar-refractivity contribution in [1.29, 1.82) is 0 Å². The van der Waals surface area contributed by atoms with Crippen molar-refractivity contribution in [3.8, 4) is 5.75 Å². The lowest BCUT2D eigenvalue weighted by atomic mass is 10.2. The van der Waals surface area contributed by atoms with E-state index in [4.69, 9.17) is 16.3 Å². The average molecular weight is 498 g/mol. The normalized spacial score (nSPS) is 17.0. The number of carbonyl (C=O) groups is 2. The number of aliphatic imine (C=N–C) groups is 1. The summed E-state index contributed by atoms with van der Waals surface area (Å²) in [5.74, 6) is -0.438. The Labute approximate surface area is 205 Å². The van der Waals surface area contributed by atoms with Gasteiger partial charge in [-0.2, -0.15) is 0 Å². The summed E-state index contributed by atoms with van der Waals surface area (Å²) in [4.78, 5) is 32.3. The van der Waals surface area contributed by atoms with E-state index in [9.17, 15) is 14.0 Å². The third-order valence-corrected chi connectivity index (χ3v) is 6.54. The summed E-state index contributed by atoms with van der Waals surface area (Å²) in [6.07, 6.45) is 0.00166. The van der Waals surface area contributed by atoms with Crippen LogP contribution in [0.3, 0.4) is 0 Å². The molecule has 1 fully saturated rings. The number of benzene rings is 3. The molecule has 174 valence electrons. The van der Waals surface area contributed by atoms with E-state index in [1.54, 1.807) is 36.4 Å². The Balaban J connectivity index is 1.60. The zero-order valence-electron chi connectivity index (χ0n) is 18.2. The minimum absolute atomic E-state index is 0.00166. The molecular weight excluding hydrogens is 477 g/mol. The lowest BCUT2D eigenvalue weighted by molar-refractivity contribution is -0.129. The minimum atomic E-state index is -0.696. The van der Waals surface area contributed by atoms with Gasteiger partial charge in [-0.1, -0.05) is 47.6 Å². The molecule has 0 bridgehead atoms. The van der Waals surface area contributed by atoms with Gasteiger partial charge in [0.05, 0.1) is 25.0 Å². The van der Waals surface area contributed by atoms with Crippen LogP contribution in [0.2, 0.25) is 5.02 Å². The highest BCUT2D eigenvalue weighted by Gasteiger charge is 2.36. The number of anilines is 1. The number of hydrogen-bond donors (Lipinski definition) is 1. The van der Waals surface area contributed by atoms with Crippen LogP contribution in [0.15, 0.2) is 77.8 Å². The molecule has 1 atom stereocenters. The van der Waals surface area contributed by atoms with Crippen molar-refractivity contribution in [3.63, 3.8) is 0 Å². The maximum absolute atomic E-state index is 13.4. The van der Waals surface area contributed by atoms with E-state index >= 15 is 0 Å². The third-order valence-electron chi connectivity index (χ3n) is 5.10. The molecule has 2 amide bonds. The summed E-state index contributed by atoms with van der Waals surface area (Å²) in [7, 11) is 1.52. The first-order valence-electron chi connectivity index (χ1n) is 10.4. The van der Waals surface area contributed by atoms with E-state index in [-0.39, 0.29) is 30.6 Å². The molecule has 1 saturated heterocycles. The highest BCUT2D eigenvalue weighted by atomic mass is 35.5. The second-order valence-electron chi connectivity index (χ2n) is 7.48. The van der Waals surface area contributed by atoms with Gasteiger partial charge >= 0.3 is 0 Å². The third kappa shape index (κ3) is 5.76. The van der Waals surface area contributed by atoms with Crippen molar-refractivity contribution in [1.82, 2.24) is 4.90 Å². The van der Waals surface area contributed by atoms with Crippen molar-refractivity contribution >= 4 is 51.7 Å². The van der Waals surface area contributed by atoms with Gasteiger partial charge in [-0.25, -0.2) is 9.38 Å². The fourth-order valence-corrected chi connectivity index (χ4v) is 4.58. The van der Waals surface area contributed by atoms with Crippen LogP contribution in [0.25, 0.3) is 0 Å². The number of halogens is 2. The largest absolute Gasteiger partial charge is 0.495 e. The van der Waals surface area contributed by atoms with Crippen LogP contribution in [0.5, 0.6) is 5.75 Å². The first-order chi connectivity index (χ1) is 16.4. The van der Waals surface area contributed by atoms with Gasteiger partial charge < -0.3 is 10.1 Å². The van der Waals surface area contributed by atoms with Gasteiger partial charge in [0.2, 0.25) is 11.8 Å². The quantitative estimate of drug-likeness (QED) is 0.478. The SMILES string of the molecule is COc1ccccc1NC(=O)C1CC(=O)N(Cc2ccc(Cl)cc2)C(=Nc2ccc(F)cc2)S1. The molecule has 1 aliphatic heterocycles. The Morgan fingerprint density at radius 3 is 2.56 bits per heavy atom. The van der Waals surface area contributed by atoms with Gasteiger partial charge in [-0.15, -0.1) is 0 Å². The van der Waals surface area contributed by atoms with Gasteiger partial charge in [-0.05, 0) is 54.1 Å². The van der Waals surface area contributed by atoms with Crippen LogP contribution in [0, 0.1) is 5.82 Å². The molecule has 0 saturated carbocycles. The summed E-state index contributed by atoms with van der Waals surface area (Å²) in [5.41, 5.74) is 1.86. The van der Waals surface area contributed by atoms with E-state index < -0.39 is 5.25 Å². The number of methoxy groups -OCH3 is 1. The maximum atomic E-state index is 13.4. The Kier molecular flexibility index (Phi) is 7.49. The summed E-state index contributed by atoms with van der Waals surface area (Å²) in [5, 5.41) is 3.10. The first-order valence-corrected chi connectivity index (χ1v) is 11.7. The van der Waals surface area contributed by atoms with Crippen LogP contribution in [0.4, 0.5) is 15.8 Å². The minimum Gasteiger partial charge on any atom is -0.495 e. The fourth-order valence-electron chi connectivity index (χ4n) is 3.36. The Morgan fingerprint density at radius 1 is 1.15 bits per heavy atom.